The summed E-state index contributed by atoms with van der Waals surface area (Å²) in [4.78, 5) is 4.33. The number of nitrogens with one attached hydrogen (secondary N) is 1. The molecular weight excluding hydrogens is 376 g/mol. The largest absolute Gasteiger partial charge is 0.490 e. The Morgan fingerprint density at radius 3 is 2.62 bits per heavy atom. The fourth-order valence-electron chi connectivity index (χ4n) is 2.63. The first-order valence-electron chi connectivity index (χ1n) is 8.49. The Labute approximate surface area is 157 Å². The van der Waals surface area contributed by atoms with Crippen LogP contribution in [0.1, 0.15) is 38.8 Å². The first kappa shape index (κ1) is 18.9. The van der Waals surface area contributed by atoms with Gasteiger partial charge in [0.25, 0.3) is 10.0 Å². The van der Waals surface area contributed by atoms with Crippen molar-refractivity contribution in [3.05, 3.63) is 29.3 Å². The average molecular weight is 399 g/mol. The Morgan fingerprint density at radius 1 is 1.23 bits per heavy atom. The number of fused-ring (bicyclic) bond motifs is 1. The highest BCUT2D eigenvalue weighted by Crippen LogP contribution is 2.34. The second-order valence-electron chi connectivity index (χ2n) is 6.04. The second kappa shape index (κ2) is 7.42. The van der Waals surface area contributed by atoms with Crippen LogP contribution in [0.15, 0.2) is 28.5 Å². The van der Waals surface area contributed by atoms with Gasteiger partial charge in [-0.1, -0.05) is 13.8 Å². The summed E-state index contributed by atoms with van der Waals surface area (Å²) in [5.41, 5.74) is -0.570. The number of anilines is 1. The molecule has 1 aliphatic heterocycles. The Bertz CT molecular complexity index is 875. The summed E-state index contributed by atoms with van der Waals surface area (Å²) < 4.78 is 38.9. The molecule has 2 heterocycles. The number of sulfonamides is 1. The summed E-state index contributed by atoms with van der Waals surface area (Å²) >= 11 is 1.14. The molecule has 1 aromatic heterocycles. The molecule has 3 rings (SSSR count). The van der Waals surface area contributed by atoms with Gasteiger partial charge in [-0.25, -0.2) is 13.4 Å². The van der Waals surface area contributed by atoms with Crippen LogP contribution in [0.5, 0.6) is 11.5 Å². The zero-order valence-corrected chi connectivity index (χ0v) is 16.3. The molecule has 0 aliphatic carbocycles. The summed E-state index contributed by atoms with van der Waals surface area (Å²) in [5, 5.41) is 12.4. The molecule has 0 saturated heterocycles. The Hall–Kier alpha value is -1.84. The van der Waals surface area contributed by atoms with Gasteiger partial charge in [-0.15, -0.1) is 11.3 Å². The van der Waals surface area contributed by atoms with Crippen LogP contribution < -0.4 is 14.2 Å². The lowest BCUT2D eigenvalue weighted by Crippen LogP contribution is -2.24. The quantitative estimate of drug-likeness (QED) is 0.776. The highest BCUT2D eigenvalue weighted by Gasteiger charge is 2.28. The van der Waals surface area contributed by atoms with Gasteiger partial charge in [-0.05, 0) is 25.0 Å². The maximum absolute atomic E-state index is 12.7. The molecule has 0 radical (unpaired) electrons. The molecule has 1 aromatic carbocycles. The van der Waals surface area contributed by atoms with E-state index in [1.807, 2.05) is 13.8 Å². The monoisotopic (exact) mass is 398 g/mol. The van der Waals surface area contributed by atoms with E-state index in [2.05, 4.69) is 9.71 Å². The van der Waals surface area contributed by atoms with Crippen molar-refractivity contribution >= 4 is 26.5 Å². The first-order chi connectivity index (χ1) is 12.4. The van der Waals surface area contributed by atoms with Crippen LogP contribution in [-0.4, -0.2) is 31.7 Å². The standard InChI is InChI=1S/C17H22N2O5S2/c1-3-17(20,4-2)15-11-25-16(18-15)19-26(21,22)12-6-7-13-14(10-12)24-9-5-8-23-13/h6-7,10-11,20H,3-5,8-9H2,1-2H3,(H,18,19). The van der Waals surface area contributed by atoms with E-state index in [0.29, 0.717) is 43.2 Å². The Kier molecular flexibility index (Phi) is 5.40. The van der Waals surface area contributed by atoms with Crippen LogP contribution >= 0.6 is 11.3 Å². The average Bonchev–Trinajstić information content (AvgIpc) is 2.96. The van der Waals surface area contributed by atoms with Gasteiger partial charge in [0.15, 0.2) is 16.6 Å². The number of aliphatic hydroxyl groups is 1. The number of hydrogen-bond acceptors (Lipinski definition) is 7. The Balaban J connectivity index is 1.84. The van der Waals surface area contributed by atoms with Crippen molar-refractivity contribution in [2.75, 3.05) is 17.9 Å². The lowest BCUT2D eigenvalue weighted by atomic mass is 9.94. The third-order valence-electron chi connectivity index (χ3n) is 4.40. The van der Waals surface area contributed by atoms with Crippen molar-refractivity contribution < 1.29 is 23.0 Å². The summed E-state index contributed by atoms with van der Waals surface area (Å²) in [6.07, 6.45) is 1.75. The molecule has 0 atom stereocenters. The molecule has 0 saturated carbocycles. The molecule has 9 heteroatoms. The number of aromatic nitrogens is 1. The summed E-state index contributed by atoms with van der Waals surface area (Å²) in [5.74, 6) is 0.950. The number of thiazole rings is 1. The van der Waals surface area contributed by atoms with Crippen LogP contribution in [0, 0.1) is 0 Å². The molecule has 2 N–H and O–H groups in total. The molecule has 7 nitrogen and oxygen atoms in total. The third kappa shape index (κ3) is 3.79. The van der Waals surface area contributed by atoms with E-state index in [1.54, 1.807) is 11.4 Å². The molecule has 0 unspecified atom stereocenters. The van der Waals surface area contributed by atoms with Gasteiger partial charge in [-0.2, -0.15) is 0 Å². The minimum atomic E-state index is -3.82. The van der Waals surface area contributed by atoms with E-state index < -0.39 is 15.6 Å². The molecule has 142 valence electrons. The van der Waals surface area contributed by atoms with Gasteiger partial charge in [0.05, 0.1) is 23.8 Å². The zero-order chi connectivity index (χ0) is 18.8. The molecule has 0 fully saturated rings. The van der Waals surface area contributed by atoms with E-state index in [4.69, 9.17) is 9.47 Å². The predicted molar refractivity (Wildman–Crippen MR) is 99.5 cm³/mol. The van der Waals surface area contributed by atoms with Crippen molar-refractivity contribution in [3.63, 3.8) is 0 Å². The highest BCUT2D eigenvalue weighted by atomic mass is 32.2. The normalized spacial score (nSPS) is 14.7. The fourth-order valence-corrected chi connectivity index (χ4v) is 4.70. The van der Waals surface area contributed by atoms with Crippen LogP contribution in [0.2, 0.25) is 0 Å². The molecule has 0 bridgehead atoms. The van der Waals surface area contributed by atoms with Gasteiger partial charge < -0.3 is 14.6 Å². The van der Waals surface area contributed by atoms with Gasteiger partial charge in [0, 0.05) is 17.9 Å². The lowest BCUT2D eigenvalue weighted by Gasteiger charge is -2.22. The Morgan fingerprint density at radius 2 is 1.92 bits per heavy atom. The van der Waals surface area contributed by atoms with Crippen LogP contribution in [-0.2, 0) is 15.6 Å². The number of nitrogens with zero attached hydrogens (tertiary/aromatic N) is 1. The maximum Gasteiger partial charge on any atom is 0.263 e. The molecule has 0 amide bonds. The molecule has 2 aromatic rings. The van der Waals surface area contributed by atoms with Crippen molar-refractivity contribution in [1.82, 2.24) is 4.98 Å². The first-order valence-corrected chi connectivity index (χ1v) is 10.8. The molecular formula is C17H22N2O5S2. The zero-order valence-electron chi connectivity index (χ0n) is 14.7. The lowest BCUT2D eigenvalue weighted by molar-refractivity contribution is 0.0247. The van der Waals surface area contributed by atoms with Crippen molar-refractivity contribution in [1.29, 1.82) is 0 Å². The minimum absolute atomic E-state index is 0.0692. The van der Waals surface area contributed by atoms with Crippen molar-refractivity contribution in [2.45, 2.75) is 43.6 Å². The SMILES string of the molecule is CCC(O)(CC)c1csc(NS(=O)(=O)c2ccc3c(c2)OCCCO3)n1. The van der Waals surface area contributed by atoms with Crippen LogP contribution in [0.3, 0.4) is 0 Å². The number of rotatable bonds is 6. The second-order valence-corrected chi connectivity index (χ2v) is 8.58. The predicted octanol–water partition coefficient (Wildman–Crippen LogP) is 3.11. The van der Waals surface area contributed by atoms with Crippen molar-refractivity contribution in [3.8, 4) is 11.5 Å². The fraction of sp³-hybridized carbons (Fsp3) is 0.471. The number of hydrogen-bond donors (Lipinski definition) is 2. The van der Waals surface area contributed by atoms with Crippen LogP contribution in [0.4, 0.5) is 5.13 Å². The van der Waals surface area contributed by atoms with Crippen molar-refractivity contribution in [2.24, 2.45) is 0 Å². The van der Waals surface area contributed by atoms with Gasteiger partial charge >= 0.3 is 0 Å². The van der Waals surface area contributed by atoms with E-state index in [-0.39, 0.29) is 10.0 Å². The maximum atomic E-state index is 12.7. The number of benzene rings is 1. The van der Waals surface area contributed by atoms with Gasteiger partial charge in [-0.3, -0.25) is 4.72 Å². The molecule has 26 heavy (non-hydrogen) atoms. The van der Waals surface area contributed by atoms with E-state index in [1.165, 1.54) is 12.1 Å². The van der Waals surface area contributed by atoms with Gasteiger partial charge in [0.2, 0.25) is 0 Å². The molecule has 1 aliphatic rings. The third-order valence-corrected chi connectivity index (χ3v) is 6.63. The smallest absolute Gasteiger partial charge is 0.263 e. The topological polar surface area (TPSA) is 97.8 Å². The highest BCUT2D eigenvalue weighted by molar-refractivity contribution is 7.93. The summed E-state index contributed by atoms with van der Waals surface area (Å²) in [6, 6.07) is 4.51. The molecule has 0 spiro atoms. The van der Waals surface area contributed by atoms with Gasteiger partial charge in [0.1, 0.15) is 5.60 Å². The number of ether oxygens (including phenoxy) is 2. The summed E-state index contributed by atoms with van der Waals surface area (Å²) in [7, 11) is -3.82. The van der Waals surface area contributed by atoms with E-state index >= 15 is 0 Å². The summed E-state index contributed by atoms with van der Waals surface area (Å²) in [6.45, 7) is 4.75. The van der Waals surface area contributed by atoms with Crippen LogP contribution in [0.25, 0.3) is 0 Å². The van der Waals surface area contributed by atoms with E-state index in [9.17, 15) is 13.5 Å². The van der Waals surface area contributed by atoms with E-state index in [0.717, 1.165) is 17.8 Å². The minimum Gasteiger partial charge on any atom is -0.490 e.